The van der Waals surface area contributed by atoms with Gasteiger partial charge < -0.3 is 14.8 Å². The fraction of sp³-hybridized carbons (Fsp3) is 0.474. The topological polar surface area (TPSA) is 71.4 Å². The first-order valence-electron chi connectivity index (χ1n) is 8.49. The smallest absolute Gasteiger partial charge is 0.262 e. The van der Waals surface area contributed by atoms with E-state index in [1.165, 1.54) is 6.42 Å². The van der Waals surface area contributed by atoms with E-state index < -0.39 is 0 Å². The van der Waals surface area contributed by atoms with Crippen molar-refractivity contribution in [2.45, 2.75) is 38.6 Å². The Hall–Kier alpha value is -2.48. The Morgan fingerprint density at radius 1 is 1.25 bits per heavy atom. The van der Waals surface area contributed by atoms with Crippen LogP contribution >= 0.6 is 0 Å². The van der Waals surface area contributed by atoms with Crippen molar-refractivity contribution in [3.05, 3.63) is 29.3 Å². The summed E-state index contributed by atoms with van der Waals surface area (Å²) in [5, 5.41) is 12.4. The molecule has 3 rings (SSSR count). The van der Waals surface area contributed by atoms with Crippen LogP contribution in [0.4, 0.5) is 0 Å². The molecule has 24 heavy (non-hydrogen) atoms. The Bertz CT molecular complexity index is 690. The third-order valence-electron chi connectivity index (χ3n) is 4.67. The summed E-state index contributed by atoms with van der Waals surface area (Å²) in [6.45, 7) is 3.19. The normalized spacial score (nSPS) is 23.2. The van der Waals surface area contributed by atoms with Crippen LogP contribution in [-0.4, -0.2) is 25.2 Å². The molecule has 2 aliphatic rings. The summed E-state index contributed by atoms with van der Waals surface area (Å²) >= 11 is 0. The number of amides is 1. The van der Waals surface area contributed by atoms with Crippen LogP contribution < -0.4 is 14.8 Å². The molecule has 1 aromatic carbocycles. The van der Waals surface area contributed by atoms with Gasteiger partial charge in [0.05, 0.1) is 0 Å². The SMILES string of the molecule is C[C@H]1CCCC[C@@H]1NC(=O)/C(C#N)=C/c1ccc2c(c1)OCCO2. The van der Waals surface area contributed by atoms with Crippen LogP contribution in [0.3, 0.4) is 0 Å². The Labute approximate surface area is 142 Å². The number of nitrogens with zero attached hydrogens (tertiary/aromatic N) is 1. The minimum absolute atomic E-state index is 0.115. The number of carbonyl (C=O) groups excluding carboxylic acids is 1. The van der Waals surface area contributed by atoms with Crippen LogP contribution in [-0.2, 0) is 4.79 Å². The van der Waals surface area contributed by atoms with E-state index in [-0.39, 0.29) is 17.5 Å². The number of nitrogens with one attached hydrogen (secondary N) is 1. The molecule has 1 N–H and O–H groups in total. The fourth-order valence-electron chi connectivity index (χ4n) is 3.24. The summed E-state index contributed by atoms with van der Waals surface area (Å²) in [5.74, 6) is 1.49. The number of rotatable bonds is 3. The molecule has 5 nitrogen and oxygen atoms in total. The van der Waals surface area contributed by atoms with Gasteiger partial charge in [-0.05, 0) is 42.5 Å². The zero-order chi connectivity index (χ0) is 16.9. The van der Waals surface area contributed by atoms with Gasteiger partial charge in [-0.1, -0.05) is 25.8 Å². The van der Waals surface area contributed by atoms with Crippen LogP contribution in [0.2, 0.25) is 0 Å². The average Bonchev–Trinajstić information content (AvgIpc) is 2.61. The Balaban J connectivity index is 1.74. The van der Waals surface area contributed by atoms with Crippen LogP contribution in [0.5, 0.6) is 11.5 Å². The molecule has 0 aromatic heterocycles. The lowest BCUT2D eigenvalue weighted by Crippen LogP contribution is -2.41. The summed E-state index contributed by atoms with van der Waals surface area (Å²) in [6, 6.07) is 7.58. The van der Waals surface area contributed by atoms with Gasteiger partial charge in [-0.3, -0.25) is 4.79 Å². The van der Waals surface area contributed by atoms with Crippen LogP contribution in [0.25, 0.3) is 6.08 Å². The van der Waals surface area contributed by atoms with E-state index in [0.717, 1.165) is 24.8 Å². The lowest BCUT2D eigenvalue weighted by atomic mass is 9.86. The molecule has 0 saturated heterocycles. The monoisotopic (exact) mass is 326 g/mol. The van der Waals surface area contributed by atoms with Crippen molar-refractivity contribution in [3.8, 4) is 17.6 Å². The minimum Gasteiger partial charge on any atom is -0.486 e. The Kier molecular flexibility index (Phi) is 5.05. The number of ether oxygens (including phenoxy) is 2. The highest BCUT2D eigenvalue weighted by molar-refractivity contribution is 6.01. The van der Waals surface area contributed by atoms with E-state index >= 15 is 0 Å². The van der Waals surface area contributed by atoms with Crippen LogP contribution in [0.15, 0.2) is 23.8 Å². The summed E-state index contributed by atoms with van der Waals surface area (Å²) in [7, 11) is 0. The molecule has 2 atom stereocenters. The molecular formula is C19H22N2O3. The van der Waals surface area contributed by atoms with Gasteiger partial charge in [-0.2, -0.15) is 5.26 Å². The molecule has 1 heterocycles. The lowest BCUT2D eigenvalue weighted by molar-refractivity contribution is -0.118. The van der Waals surface area contributed by atoms with Gasteiger partial charge in [0.2, 0.25) is 0 Å². The first-order valence-corrected chi connectivity index (χ1v) is 8.49. The van der Waals surface area contributed by atoms with Crippen molar-refractivity contribution in [3.63, 3.8) is 0 Å². The molecule has 126 valence electrons. The molecule has 0 spiro atoms. The molecule has 1 aromatic rings. The maximum Gasteiger partial charge on any atom is 0.262 e. The highest BCUT2D eigenvalue weighted by Crippen LogP contribution is 2.31. The highest BCUT2D eigenvalue weighted by atomic mass is 16.6. The second-order valence-electron chi connectivity index (χ2n) is 6.41. The molecule has 0 bridgehead atoms. The van der Waals surface area contributed by atoms with E-state index in [1.807, 2.05) is 12.1 Å². The van der Waals surface area contributed by atoms with Crippen LogP contribution in [0, 0.1) is 17.2 Å². The highest BCUT2D eigenvalue weighted by Gasteiger charge is 2.24. The van der Waals surface area contributed by atoms with E-state index in [0.29, 0.717) is 30.6 Å². The molecule has 0 radical (unpaired) electrons. The molecular weight excluding hydrogens is 304 g/mol. The summed E-state index contributed by atoms with van der Waals surface area (Å²) in [6.07, 6.45) is 6.05. The van der Waals surface area contributed by atoms with Crippen molar-refractivity contribution in [1.82, 2.24) is 5.32 Å². The van der Waals surface area contributed by atoms with Crippen molar-refractivity contribution in [1.29, 1.82) is 5.26 Å². The average molecular weight is 326 g/mol. The predicted octanol–water partition coefficient (Wildman–Crippen LogP) is 3.06. The first-order chi connectivity index (χ1) is 11.7. The van der Waals surface area contributed by atoms with Crippen LogP contribution in [0.1, 0.15) is 38.2 Å². The summed E-state index contributed by atoms with van der Waals surface area (Å²) in [5.41, 5.74) is 0.868. The van der Waals surface area contributed by atoms with Gasteiger partial charge in [0.25, 0.3) is 5.91 Å². The number of hydrogen-bond donors (Lipinski definition) is 1. The molecule has 1 amide bonds. The first kappa shape index (κ1) is 16.4. The quantitative estimate of drug-likeness (QED) is 0.684. The number of carbonyl (C=O) groups is 1. The van der Waals surface area contributed by atoms with Crippen molar-refractivity contribution in [2.75, 3.05) is 13.2 Å². The predicted molar refractivity (Wildman–Crippen MR) is 90.6 cm³/mol. The minimum atomic E-state index is -0.300. The Morgan fingerprint density at radius 3 is 2.75 bits per heavy atom. The summed E-state index contributed by atoms with van der Waals surface area (Å²) < 4.78 is 11.0. The molecule has 1 saturated carbocycles. The van der Waals surface area contributed by atoms with E-state index in [4.69, 9.17) is 9.47 Å². The van der Waals surface area contributed by atoms with Gasteiger partial charge >= 0.3 is 0 Å². The van der Waals surface area contributed by atoms with Gasteiger partial charge in [-0.15, -0.1) is 0 Å². The number of fused-ring (bicyclic) bond motifs is 1. The third kappa shape index (κ3) is 3.70. The molecule has 1 aliphatic carbocycles. The second kappa shape index (κ2) is 7.39. The van der Waals surface area contributed by atoms with Gasteiger partial charge in [0.15, 0.2) is 11.5 Å². The van der Waals surface area contributed by atoms with Gasteiger partial charge in [0, 0.05) is 6.04 Å². The maximum atomic E-state index is 12.4. The summed E-state index contributed by atoms with van der Waals surface area (Å²) in [4.78, 5) is 12.4. The zero-order valence-corrected chi connectivity index (χ0v) is 13.9. The maximum absolute atomic E-state index is 12.4. The van der Waals surface area contributed by atoms with Crippen molar-refractivity contribution >= 4 is 12.0 Å². The van der Waals surface area contributed by atoms with Crippen molar-refractivity contribution < 1.29 is 14.3 Å². The molecule has 1 aliphatic heterocycles. The third-order valence-corrected chi connectivity index (χ3v) is 4.67. The van der Waals surface area contributed by atoms with Crippen molar-refractivity contribution in [2.24, 2.45) is 5.92 Å². The van der Waals surface area contributed by atoms with Gasteiger partial charge in [0.1, 0.15) is 24.9 Å². The standard InChI is InChI=1S/C19H22N2O3/c1-13-4-2-3-5-16(13)21-19(22)15(12-20)10-14-6-7-17-18(11-14)24-9-8-23-17/h6-7,10-11,13,16H,2-5,8-9H2,1H3,(H,21,22)/b15-10+/t13-,16-/m0/s1. The Morgan fingerprint density at radius 2 is 2.00 bits per heavy atom. The molecule has 0 unspecified atom stereocenters. The molecule has 5 heteroatoms. The van der Waals surface area contributed by atoms with E-state index in [1.54, 1.807) is 18.2 Å². The van der Waals surface area contributed by atoms with E-state index in [2.05, 4.69) is 12.2 Å². The fourth-order valence-corrected chi connectivity index (χ4v) is 3.24. The second-order valence-corrected chi connectivity index (χ2v) is 6.41. The number of benzene rings is 1. The number of hydrogen-bond acceptors (Lipinski definition) is 4. The number of nitriles is 1. The zero-order valence-electron chi connectivity index (χ0n) is 13.9. The lowest BCUT2D eigenvalue weighted by Gasteiger charge is -2.29. The van der Waals surface area contributed by atoms with Gasteiger partial charge in [-0.25, -0.2) is 0 Å². The molecule has 1 fully saturated rings. The van der Waals surface area contributed by atoms with E-state index in [9.17, 15) is 10.1 Å². The largest absolute Gasteiger partial charge is 0.486 e.